The Morgan fingerprint density at radius 1 is 1.42 bits per heavy atom. The fourth-order valence-corrected chi connectivity index (χ4v) is 3.82. The van der Waals surface area contributed by atoms with E-state index in [-0.39, 0.29) is 22.9 Å². The number of aliphatic hydroxyl groups is 1. The SMILES string of the molecule is Cc1ccc(N[C@@H]2CS(=O)(=O)C[C@@H]2O)c([N+](=O)[O-])c1. The zero-order chi connectivity index (χ0) is 14.2. The highest BCUT2D eigenvalue weighted by atomic mass is 32.2. The summed E-state index contributed by atoms with van der Waals surface area (Å²) in [6.07, 6.45) is -1.05. The van der Waals surface area contributed by atoms with Gasteiger partial charge in [-0.05, 0) is 18.6 Å². The molecule has 1 aliphatic rings. The highest BCUT2D eigenvalue weighted by Crippen LogP contribution is 2.28. The number of anilines is 1. The highest BCUT2D eigenvalue weighted by molar-refractivity contribution is 7.91. The molecule has 2 N–H and O–H groups in total. The molecule has 0 aromatic heterocycles. The second-order valence-corrected chi connectivity index (χ2v) is 6.83. The summed E-state index contributed by atoms with van der Waals surface area (Å²) >= 11 is 0. The van der Waals surface area contributed by atoms with Gasteiger partial charge in [-0.25, -0.2) is 8.42 Å². The average Bonchev–Trinajstić information content (AvgIpc) is 2.54. The molecule has 1 fully saturated rings. The third-order valence-corrected chi connectivity index (χ3v) is 4.73. The maximum Gasteiger partial charge on any atom is 0.292 e. The van der Waals surface area contributed by atoms with Crippen molar-refractivity contribution >= 4 is 21.2 Å². The van der Waals surface area contributed by atoms with Gasteiger partial charge >= 0.3 is 0 Å². The van der Waals surface area contributed by atoms with E-state index in [0.29, 0.717) is 0 Å². The van der Waals surface area contributed by atoms with E-state index >= 15 is 0 Å². The molecule has 1 aromatic rings. The van der Waals surface area contributed by atoms with Gasteiger partial charge in [0.25, 0.3) is 5.69 Å². The van der Waals surface area contributed by atoms with Crippen LogP contribution in [0.5, 0.6) is 0 Å². The number of nitrogens with one attached hydrogen (secondary N) is 1. The lowest BCUT2D eigenvalue weighted by Crippen LogP contribution is -2.32. The molecule has 1 aromatic carbocycles. The first kappa shape index (κ1) is 13.8. The molecule has 1 heterocycles. The zero-order valence-electron chi connectivity index (χ0n) is 10.2. The number of sulfone groups is 1. The van der Waals surface area contributed by atoms with Gasteiger partial charge in [-0.2, -0.15) is 0 Å². The third-order valence-electron chi connectivity index (χ3n) is 3.01. The van der Waals surface area contributed by atoms with Crippen molar-refractivity contribution in [1.82, 2.24) is 0 Å². The van der Waals surface area contributed by atoms with Crippen molar-refractivity contribution in [3.8, 4) is 0 Å². The lowest BCUT2D eigenvalue weighted by molar-refractivity contribution is -0.384. The van der Waals surface area contributed by atoms with Crippen molar-refractivity contribution < 1.29 is 18.4 Å². The van der Waals surface area contributed by atoms with Crippen LogP contribution in [0.15, 0.2) is 18.2 Å². The van der Waals surface area contributed by atoms with E-state index in [1.54, 1.807) is 13.0 Å². The van der Waals surface area contributed by atoms with Crippen molar-refractivity contribution in [1.29, 1.82) is 0 Å². The monoisotopic (exact) mass is 286 g/mol. The molecule has 8 heteroatoms. The van der Waals surface area contributed by atoms with E-state index < -0.39 is 26.9 Å². The van der Waals surface area contributed by atoms with Crippen LogP contribution in [0.4, 0.5) is 11.4 Å². The zero-order valence-corrected chi connectivity index (χ0v) is 11.1. The molecule has 7 nitrogen and oxygen atoms in total. The predicted molar refractivity (Wildman–Crippen MR) is 69.9 cm³/mol. The van der Waals surface area contributed by atoms with Crippen LogP contribution in [0, 0.1) is 17.0 Å². The third kappa shape index (κ3) is 3.02. The molecule has 0 radical (unpaired) electrons. The Balaban J connectivity index is 2.27. The van der Waals surface area contributed by atoms with Crippen molar-refractivity contribution in [2.45, 2.75) is 19.1 Å². The van der Waals surface area contributed by atoms with Gasteiger partial charge in [-0.15, -0.1) is 0 Å². The van der Waals surface area contributed by atoms with Crippen molar-refractivity contribution in [3.63, 3.8) is 0 Å². The van der Waals surface area contributed by atoms with Crippen LogP contribution in [0.3, 0.4) is 0 Å². The van der Waals surface area contributed by atoms with Gasteiger partial charge in [0.2, 0.25) is 0 Å². The standard InChI is InChI=1S/C11H14N2O5S/c1-7-2-3-8(10(4-7)13(15)16)12-9-5-19(17,18)6-11(9)14/h2-4,9,11-12,14H,5-6H2,1H3/t9-,11+/m1/s1. The Morgan fingerprint density at radius 3 is 2.63 bits per heavy atom. The van der Waals surface area contributed by atoms with Gasteiger partial charge in [-0.1, -0.05) is 6.07 Å². The molecule has 0 saturated carbocycles. The Labute approximate surface area is 110 Å². The fraction of sp³-hybridized carbons (Fsp3) is 0.455. The normalized spacial score (nSPS) is 25.2. The van der Waals surface area contributed by atoms with E-state index in [0.717, 1.165) is 5.56 Å². The Bertz CT molecular complexity index is 614. The second-order valence-electron chi connectivity index (χ2n) is 4.67. The van der Waals surface area contributed by atoms with Crippen LogP contribution in [0.2, 0.25) is 0 Å². The molecule has 19 heavy (non-hydrogen) atoms. The number of nitro benzene ring substituents is 1. The summed E-state index contributed by atoms with van der Waals surface area (Å²) in [5.41, 5.74) is 0.824. The van der Waals surface area contributed by atoms with Crippen LogP contribution >= 0.6 is 0 Å². The van der Waals surface area contributed by atoms with Crippen molar-refractivity contribution in [2.75, 3.05) is 16.8 Å². The fourth-order valence-electron chi connectivity index (χ4n) is 2.08. The second kappa shape index (κ2) is 4.78. The number of hydrogen-bond acceptors (Lipinski definition) is 6. The lowest BCUT2D eigenvalue weighted by atomic mass is 10.1. The van der Waals surface area contributed by atoms with Gasteiger partial charge in [-0.3, -0.25) is 10.1 Å². The number of aryl methyl sites for hydroxylation is 1. The van der Waals surface area contributed by atoms with E-state index in [4.69, 9.17) is 0 Å². The van der Waals surface area contributed by atoms with Crippen LogP contribution < -0.4 is 5.32 Å². The maximum atomic E-state index is 11.4. The summed E-state index contributed by atoms with van der Waals surface area (Å²) in [7, 11) is -3.29. The van der Waals surface area contributed by atoms with Crippen LogP contribution in [0.25, 0.3) is 0 Å². The molecular weight excluding hydrogens is 272 g/mol. The molecule has 1 aliphatic heterocycles. The molecule has 0 bridgehead atoms. The number of nitro groups is 1. The topological polar surface area (TPSA) is 110 Å². The largest absolute Gasteiger partial charge is 0.390 e. The Morgan fingerprint density at radius 2 is 2.11 bits per heavy atom. The minimum absolute atomic E-state index is 0.128. The predicted octanol–water partition coefficient (Wildman–Crippen LogP) is 0.473. The van der Waals surface area contributed by atoms with E-state index in [2.05, 4.69) is 5.32 Å². The Hall–Kier alpha value is -1.67. The summed E-state index contributed by atoms with van der Waals surface area (Å²) in [5.74, 6) is -0.538. The molecule has 2 atom stereocenters. The first-order valence-electron chi connectivity index (χ1n) is 5.68. The minimum atomic E-state index is -3.29. The van der Waals surface area contributed by atoms with Crippen molar-refractivity contribution in [2.24, 2.45) is 0 Å². The van der Waals surface area contributed by atoms with Gasteiger partial charge in [0.1, 0.15) is 5.69 Å². The summed E-state index contributed by atoms with van der Waals surface area (Å²) in [5, 5.41) is 23.4. The summed E-state index contributed by atoms with van der Waals surface area (Å²) in [6, 6.07) is 3.89. The molecule has 0 spiro atoms. The first-order chi connectivity index (χ1) is 8.78. The number of hydrogen-bond donors (Lipinski definition) is 2. The van der Waals surface area contributed by atoms with E-state index in [1.165, 1.54) is 12.1 Å². The number of rotatable bonds is 3. The summed E-state index contributed by atoms with van der Waals surface area (Å²) in [4.78, 5) is 10.4. The summed E-state index contributed by atoms with van der Waals surface area (Å²) < 4.78 is 22.8. The molecular formula is C11H14N2O5S. The average molecular weight is 286 g/mol. The quantitative estimate of drug-likeness (QED) is 0.617. The smallest absolute Gasteiger partial charge is 0.292 e. The molecule has 104 valence electrons. The van der Waals surface area contributed by atoms with E-state index in [9.17, 15) is 23.6 Å². The highest BCUT2D eigenvalue weighted by Gasteiger charge is 2.37. The van der Waals surface area contributed by atoms with Crippen LogP contribution in [-0.2, 0) is 9.84 Å². The first-order valence-corrected chi connectivity index (χ1v) is 7.51. The lowest BCUT2D eigenvalue weighted by Gasteiger charge is -2.16. The van der Waals surface area contributed by atoms with Crippen LogP contribution in [0.1, 0.15) is 5.56 Å². The number of aliphatic hydroxyl groups excluding tert-OH is 1. The summed E-state index contributed by atoms with van der Waals surface area (Å²) in [6.45, 7) is 1.73. The molecule has 1 saturated heterocycles. The number of nitrogens with zero attached hydrogens (tertiary/aromatic N) is 1. The molecule has 0 aliphatic carbocycles. The molecule has 0 unspecified atom stereocenters. The van der Waals surface area contributed by atoms with Gasteiger partial charge in [0, 0.05) is 6.07 Å². The van der Waals surface area contributed by atoms with Gasteiger partial charge in [0.05, 0.1) is 28.6 Å². The van der Waals surface area contributed by atoms with Gasteiger partial charge < -0.3 is 10.4 Å². The van der Waals surface area contributed by atoms with E-state index in [1.807, 2.05) is 0 Å². The van der Waals surface area contributed by atoms with Gasteiger partial charge in [0.15, 0.2) is 9.84 Å². The number of benzene rings is 1. The minimum Gasteiger partial charge on any atom is -0.390 e. The van der Waals surface area contributed by atoms with Crippen molar-refractivity contribution in [3.05, 3.63) is 33.9 Å². The Kier molecular flexibility index (Phi) is 3.46. The molecule has 0 amide bonds. The molecule has 2 rings (SSSR count). The maximum absolute atomic E-state index is 11.4. The van der Waals surface area contributed by atoms with Crippen LogP contribution in [-0.4, -0.2) is 42.1 Å².